The SMILES string of the molecule is COc1ccc(CNC(=O)c2cc(S(=O)(=O)NCCCN(C)C)ccc2C)c(OC)c1. The van der Waals surface area contributed by atoms with Gasteiger partial charge < -0.3 is 19.7 Å². The van der Waals surface area contributed by atoms with Crippen LogP contribution in [0.25, 0.3) is 0 Å². The minimum Gasteiger partial charge on any atom is -0.497 e. The van der Waals surface area contributed by atoms with E-state index in [9.17, 15) is 13.2 Å². The Balaban J connectivity index is 2.11. The molecule has 2 aromatic rings. The second kappa shape index (κ2) is 11.1. The van der Waals surface area contributed by atoms with Gasteiger partial charge in [0.25, 0.3) is 5.91 Å². The Kier molecular flexibility index (Phi) is 8.85. The van der Waals surface area contributed by atoms with Gasteiger partial charge in [-0.15, -0.1) is 0 Å². The molecule has 9 heteroatoms. The lowest BCUT2D eigenvalue weighted by atomic mass is 10.1. The van der Waals surface area contributed by atoms with Crippen molar-refractivity contribution in [3.63, 3.8) is 0 Å². The molecule has 2 aromatic carbocycles. The van der Waals surface area contributed by atoms with Crippen LogP contribution < -0.4 is 19.5 Å². The molecule has 1 amide bonds. The molecule has 170 valence electrons. The molecule has 0 heterocycles. The number of carbonyl (C=O) groups is 1. The van der Waals surface area contributed by atoms with Gasteiger partial charge >= 0.3 is 0 Å². The van der Waals surface area contributed by atoms with Crippen molar-refractivity contribution >= 4 is 15.9 Å². The molecule has 2 N–H and O–H groups in total. The summed E-state index contributed by atoms with van der Waals surface area (Å²) in [5.74, 6) is 0.883. The van der Waals surface area contributed by atoms with Gasteiger partial charge in [-0.1, -0.05) is 6.07 Å². The van der Waals surface area contributed by atoms with Crippen LogP contribution in [0.1, 0.15) is 27.9 Å². The van der Waals surface area contributed by atoms with Crippen LogP contribution >= 0.6 is 0 Å². The fourth-order valence-corrected chi connectivity index (χ4v) is 4.07. The number of nitrogens with zero attached hydrogens (tertiary/aromatic N) is 1. The highest BCUT2D eigenvalue weighted by Crippen LogP contribution is 2.24. The van der Waals surface area contributed by atoms with Gasteiger partial charge in [0.2, 0.25) is 10.0 Å². The first-order valence-corrected chi connectivity index (χ1v) is 11.4. The van der Waals surface area contributed by atoms with Gasteiger partial charge in [0.1, 0.15) is 11.5 Å². The van der Waals surface area contributed by atoms with E-state index < -0.39 is 10.0 Å². The smallest absolute Gasteiger partial charge is 0.251 e. The van der Waals surface area contributed by atoms with Crippen LogP contribution in [0.15, 0.2) is 41.3 Å². The minimum atomic E-state index is -3.70. The number of sulfonamides is 1. The average Bonchev–Trinajstić information content (AvgIpc) is 2.75. The van der Waals surface area contributed by atoms with E-state index in [1.165, 1.54) is 12.1 Å². The maximum Gasteiger partial charge on any atom is 0.251 e. The summed E-state index contributed by atoms with van der Waals surface area (Å²) < 4.78 is 38.3. The van der Waals surface area contributed by atoms with Gasteiger partial charge in [0.15, 0.2) is 0 Å². The van der Waals surface area contributed by atoms with Gasteiger partial charge in [0, 0.05) is 30.3 Å². The summed E-state index contributed by atoms with van der Waals surface area (Å²) in [6.07, 6.45) is 0.690. The Morgan fingerprint density at radius 2 is 1.81 bits per heavy atom. The van der Waals surface area contributed by atoms with Gasteiger partial charge in [-0.3, -0.25) is 4.79 Å². The first-order valence-electron chi connectivity index (χ1n) is 9.92. The van der Waals surface area contributed by atoms with Gasteiger partial charge in [-0.2, -0.15) is 0 Å². The Labute approximate surface area is 184 Å². The quantitative estimate of drug-likeness (QED) is 0.511. The zero-order valence-corrected chi connectivity index (χ0v) is 19.5. The van der Waals surface area contributed by atoms with E-state index in [-0.39, 0.29) is 17.3 Å². The van der Waals surface area contributed by atoms with Crippen molar-refractivity contribution in [2.75, 3.05) is 41.4 Å². The molecule has 0 saturated carbocycles. The lowest BCUT2D eigenvalue weighted by molar-refractivity contribution is 0.0950. The number of nitrogens with one attached hydrogen (secondary N) is 2. The summed E-state index contributed by atoms with van der Waals surface area (Å²) in [4.78, 5) is 14.8. The molecule has 0 atom stereocenters. The van der Waals surface area contributed by atoms with E-state index >= 15 is 0 Å². The molecule has 0 aliphatic heterocycles. The molecule has 0 saturated heterocycles. The van der Waals surface area contributed by atoms with Crippen LogP contribution in [-0.4, -0.2) is 60.6 Å². The number of amides is 1. The molecule has 2 rings (SSSR count). The lowest BCUT2D eigenvalue weighted by Crippen LogP contribution is -2.28. The van der Waals surface area contributed by atoms with Crippen molar-refractivity contribution in [1.29, 1.82) is 0 Å². The molecule has 0 fully saturated rings. The van der Waals surface area contributed by atoms with E-state index in [4.69, 9.17) is 9.47 Å². The lowest BCUT2D eigenvalue weighted by Gasteiger charge is -2.14. The summed E-state index contributed by atoms with van der Waals surface area (Å²) in [7, 11) is 3.28. The van der Waals surface area contributed by atoms with E-state index in [0.29, 0.717) is 35.6 Å². The van der Waals surface area contributed by atoms with Crippen LogP contribution in [0.2, 0.25) is 0 Å². The van der Waals surface area contributed by atoms with Crippen molar-refractivity contribution in [3.05, 3.63) is 53.1 Å². The first-order chi connectivity index (χ1) is 14.7. The molecule has 0 radical (unpaired) electrons. The molecule has 31 heavy (non-hydrogen) atoms. The van der Waals surface area contributed by atoms with Crippen molar-refractivity contribution in [1.82, 2.24) is 14.9 Å². The maximum atomic E-state index is 12.8. The number of benzene rings is 2. The van der Waals surface area contributed by atoms with Crippen LogP contribution in [0.5, 0.6) is 11.5 Å². The van der Waals surface area contributed by atoms with Crippen LogP contribution in [0.3, 0.4) is 0 Å². The molecule has 0 spiro atoms. The first kappa shape index (κ1) is 24.6. The number of carbonyl (C=O) groups excluding carboxylic acids is 1. The van der Waals surface area contributed by atoms with Crippen molar-refractivity contribution < 1.29 is 22.7 Å². The Bertz CT molecular complexity index is 1010. The molecule has 0 aromatic heterocycles. The van der Waals surface area contributed by atoms with E-state index in [1.54, 1.807) is 39.3 Å². The highest BCUT2D eigenvalue weighted by molar-refractivity contribution is 7.89. The summed E-state index contributed by atoms with van der Waals surface area (Å²) >= 11 is 0. The van der Waals surface area contributed by atoms with E-state index in [2.05, 4.69) is 10.0 Å². The number of hydrogen-bond donors (Lipinski definition) is 2. The van der Waals surface area contributed by atoms with E-state index in [0.717, 1.165) is 12.1 Å². The standard InChI is InChI=1S/C22H31N3O5S/c1-16-7-10-19(31(27,28)24-11-6-12-25(2)3)14-20(16)22(26)23-15-17-8-9-18(29-4)13-21(17)30-5/h7-10,13-14,24H,6,11-12,15H2,1-5H3,(H,23,26). The average molecular weight is 450 g/mol. The highest BCUT2D eigenvalue weighted by Gasteiger charge is 2.18. The number of rotatable bonds is 11. The second-order valence-electron chi connectivity index (χ2n) is 7.39. The number of aryl methyl sites for hydroxylation is 1. The normalized spacial score (nSPS) is 11.4. The minimum absolute atomic E-state index is 0.0649. The Morgan fingerprint density at radius 1 is 1.06 bits per heavy atom. The van der Waals surface area contributed by atoms with Gasteiger partial charge in [-0.25, -0.2) is 13.1 Å². The summed E-state index contributed by atoms with van der Waals surface area (Å²) in [5.41, 5.74) is 1.77. The Morgan fingerprint density at radius 3 is 2.45 bits per heavy atom. The summed E-state index contributed by atoms with van der Waals surface area (Å²) in [6, 6.07) is 9.88. The highest BCUT2D eigenvalue weighted by atomic mass is 32.2. The largest absolute Gasteiger partial charge is 0.497 e. The summed E-state index contributed by atoms with van der Waals surface area (Å²) in [6.45, 7) is 3.10. The van der Waals surface area contributed by atoms with Crippen LogP contribution in [0.4, 0.5) is 0 Å². The molecular weight excluding hydrogens is 418 g/mol. The molecule has 8 nitrogen and oxygen atoms in total. The van der Waals surface area contributed by atoms with Crippen molar-refractivity contribution in [3.8, 4) is 11.5 Å². The zero-order valence-electron chi connectivity index (χ0n) is 18.7. The van der Waals surface area contributed by atoms with Crippen LogP contribution in [0, 0.1) is 6.92 Å². The monoisotopic (exact) mass is 449 g/mol. The second-order valence-corrected chi connectivity index (χ2v) is 9.16. The van der Waals surface area contributed by atoms with Crippen molar-refractivity contribution in [2.24, 2.45) is 0 Å². The molecule has 0 aliphatic carbocycles. The molecular formula is C22H31N3O5S. The van der Waals surface area contributed by atoms with Crippen molar-refractivity contribution in [2.45, 2.75) is 24.8 Å². The number of methoxy groups -OCH3 is 2. The number of hydrogen-bond acceptors (Lipinski definition) is 6. The fourth-order valence-electron chi connectivity index (χ4n) is 2.97. The predicted octanol–water partition coefficient (Wildman–Crippen LogP) is 2.17. The molecule has 0 aliphatic rings. The Hall–Kier alpha value is -2.62. The predicted molar refractivity (Wildman–Crippen MR) is 120 cm³/mol. The van der Waals surface area contributed by atoms with Gasteiger partial charge in [0.05, 0.1) is 19.1 Å². The number of ether oxygens (including phenoxy) is 2. The third kappa shape index (κ3) is 6.95. The van der Waals surface area contributed by atoms with Gasteiger partial charge in [-0.05, 0) is 63.8 Å². The third-order valence-corrected chi connectivity index (χ3v) is 6.23. The molecule has 0 bridgehead atoms. The zero-order chi connectivity index (χ0) is 23.0. The molecule has 0 unspecified atom stereocenters. The maximum absolute atomic E-state index is 12.8. The van der Waals surface area contributed by atoms with E-state index in [1.807, 2.05) is 25.1 Å². The summed E-state index contributed by atoms with van der Waals surface area (Å²) in [5, 5.41) is 2.83. The topological polar surface area (TPSA) is 97.0 Å². The third-order valence-electron chi connectivity index (χ3n) is 4.77. The van der Waals surface area contributed by atoms with Crippen LogP contribution in [-0.2, 0) is 16.6 Å². The fraction of sp³-hybridized carbons (Fsp3) is 0.409.